The summed E-state index contributed by atoms with van der Waals surface area (Å²) >= 11 is 6.02. The molecule has 0 saturated heterocycles. The molecule has 6 nitrogen and oxygen atoms in total. The normalized spacial score (nSPS) is 23.5. The van der Waals surface area contributed by atoms with Crippen molar-refractivity contribution in [1.82, 2.24) is 9.97 Å². The Hall–Kier alpha value is -2.65. The second-order valence-corrected chi connectivity index (χ2v) is 7.58. The lowest BCUT2D eigenvalue weighted by Gasteiger charge is -2.40. The van der Waals surface area contributed by atoms with Crippen LogP contribution in [0.1, 0.15) is 37.7 Å². The highest BCUT2D eigenvalue weighted by molar-refractivity contribution is 6.28. The quantitative estimate of drug-likeness (QED) is 0.624. The van der Waals surface area contributed by atoms with E-state index in [0.717, 1.165) is 24.8 Å². The number of carbonyl (C=O) groups excluding carboxylic acids is 1. The molecule has 7 heteroatoms. The average Bonchev–Trinajstić information content (AvgIpc) is 2.72. The highest BCUT2D eigenvalue weighted by Crippen LogP contribution is 2.45. The molecule has 0 spiro atoms. The maximum absolute atomic E-state index is 12.5. The van der Waals surface area contributed by atoms with Crippen molar-refractivity contribution in [2.45, 2.75) is 32.1 Å². The minimum Gasteiger partial charge on any atom is -0.342 e. The summed E-state index contributed by atoms with van der Waals surface area (Å²) in [6.07, 6.45) is 5.63. The monoisotopic (exact) mass is 382 g/mol. The summed E-state index contributed by atoms with van der Waals surface area (Å²) < 4.78 is 0. The average molecular weight is 383 g/mol. The second-order valence-electron chi connectivity index (χ2n) is 7.24. The fourth-order valence-corrected chi connectivity index (χ4v) is 4.36. The van der Waals surface area contributed by atoms with E-state index in [1.807, 2.05) is 0 Å². The van der Waals surface area contributed by atoms with Crippen LogP contribution in [-0.4, -0.2) is 15.9 Å². The Labute approximate surface area is 162 Å². The number of nitriles is 1. The van der Waals surface area contributed by atoms with Crippen LogP contribution >= 0.6 is 11.6 Å². The van der Waals surface area contributed by atoms with Crippen molar-refractivity contribution < 1.29 is 9.63 Å². The standard InChI is InChI=1S/C20H19ClN4O2/c21-20-23-17(15-7-3-13(11-22)4-8-15)10-18(24-20)25-27-19(26)16-9-12-1-5-14(16)6-2-12/h3-4,7-8,10,12,14,16H,1-2,5-6,9H2,(H,23,24,25). The molecule has 0 amide bonds. The van der Waals surface area contributed by atoms with Gasteiger partial charge in [0.25, 0.3) is 0 Å². The number of hydrogen-bond donors (Lipinski definition) is 1. The van der Waals surface area contributed by atoms with Gasteiger partial charge in [-0.2, -0.15) is 10.2 Å². The van der Waals surface area contributed by atoms with Gasteiger partial charge in [0.15, 0.2) is 5.82 Å². The van der Waals surface area contributed by atoms with Gasteiger partial charge < -0.3 is 4.84 Å². The van der Waals surface area contributed by atoms with Crippen molar-refractivity contribution in [3.05, 3.63) is 41.2 Å². The molecule has 1 aromatic carbocycles. The van der Waals surface area contributed by atoms with Crippen LogP contribution in [0.4, 0.5) is 5.82 Å². The van der Waals surface area contributed by atoms with E-state index in [4.69, 9.17) is 21.7 Å². The first-order valence-electron chi connectivity index (χ1n) is 9.14. The third kappa shape index (κ3) is 3.88. The molecule has 138 valence electrons. The molecule has 27 heavy (non-hydrogen) atoms. The lowest BCUT2D eigenvalue weighted by atomic mass is 9.65. The zero-order valence-corrected chi connectivity index (χ0v) is 15.4. The Balaban J connectivity index is 1.45. The van der Waals surface area contributed by atoms with E-state index < -0.39 is 0 Å². The second kappa shape index (κ2) is 7.53. The van der Waals surface area contributed by atoms with Gasteiger partial charge in [-0.1, -0.05) is 25.0 Å². The van der Waals surface area contributed by atoms with Crippen LogP contribution in [-0.2, 0) is 9.63 Å². The van der Waals surface area contributed by atoms with Crippen LogP contribution in [0.3, 0.4) is 0 Å². The summed E-state index contributed by atoms with van der Waals surface area (Å²) in [6.45, 7) is 0. The van der Waals surface area contributed by atoms with E-state index in [2.05, 4.69) is 21.5 Å². The topological polar surface area (TPSA) is 87.9 Å². The van der Waals surface area contributed by atoms with Crippen LogP contribution in [0, 0.1) is 29.1 Å². The van der Waals surface area contributed by atoms with Gasteiger partial charge in [-0.25, -0.2) is 15.3 Å². The fourth-order valence-electron chi connectivity index (χ4n) is 4.18. The first-order valence-corrected chi connectivity index (χ1v) is 9.52. The number of aromatic nitrogens is 2. The molecule has 2 bridgehead atoms. The molecule has 3 aliphatic carbocycles. The number of fused-ring (bicyclic) bond motifs is 3. The zero-order chi connectivity index (χ0) is 18.8. The van der Waals surface area contributed by atoms with Crippen LogP contribution in [0.15, 0.2) is 30.3 Å². The SMILES string of the molecule is N#Cc1ccc(-c2cc(NOC(=O)C3CC4CCC3CC4)nc(Cl)n2)cc1. The smallest absolute Gasteiger partial charge is 0.335 e. The molecular formula is C20H19ClN4O2. The van der Waals surface area contributed by atoms with Crippen LogP contribution in [0.2, 0.25) is 5.28 Å². The number of anilines is 1. The van der Waals surface area contributed by atoms with Gasteiger partial charge in [-0.05, 0) is 54.8 Å². The highest BCUT2D eigenvalue weighted by Gasteiger charge is 2.40. The van der Waals surface area contributed by atoms with Crippen LogP contribution in [0.5, 0.6) is 0 Å². The Bertz CT molecular complexity index is 886. The molecule has 1 unspecified atom stereocenters. The number of halogens is 1. The zero-order valence-electron chi connectivity index (χ0n) is 14.7. The number of benzene rings is 1. The third-order valence-corrected chi connectivity index (χ3v) is 5.78. The van der Waals surface area contributed by atoms with E-state index in [0.29, 0.717) is 28.9 Å². The number of hydrogen-bond acceptors (Lipinski definition) is 6. The van der Waals surface area contributed by atoms with Crippen molar-refractivity contribution in [3.8, 4) is 17.3 Å². The van der Waals surface area contributed by atoms with E-state index in [1.54, 1.807) is 30.3 Å². The van der Waals surface area contributed by atoms with E-state index in [9.17, 15) is 4.79 Å². The predicted molar refractivity (Wildman–Crippen MR) is 100 cm³/mol. The van der Waals surface area contributed by atoms with Gasteiger partial charge in [0.05, 0.1) is 23.2 Å². The van der Waals surface area contributed by atoms with Gasteiger partial charge >= 0.3 is 5.97 Å². The first kappa shape index (κ1) is 17.7. The van der Waals surface area contributed by atoms with Gasteiger partial charge in [-0.3, -0.25) is 0 Å². The molecule has 5 rings (SSSR count). The largest absolute Gasteiger partial charge is 0.342 e. The molecule has 3 fully saturated rings. The van der Waals surface area contributed by atoms with E-state index >= 15 is 0 Å². The third-order valence-electron chi connectivity index (χ3n) is 5.62. The molecule has 2 aromatic rings. The lowest BCUT2D eigenvalue weighted by molar-refractivity contribution is -0.151. The summed E-state index contributed by atoms with van der Waals surface area (Å²) in [4.78, 5) is 26.1. The number of carbonyl (C=O) groups is 1. The molecule has 3 aliphatic rings. The van der Waals surface area contributed by atoms with E-state index in [1.165, 1.54) is 12.8 Å². The number of rotatable bonds is 4. The van der Waals surface area contributed by atoms with Crippen molar-refractivity contribution in [2.24, 2.45) is 17.8 Å². The Morgan fingerprint density at radius 1 is 1.19 bits per heavy atom. The molecular weight excluding hydrogens is 364 g/mol. The summed E-state index contributed by atoms with van der Waals surface area (Å²) in [5, 5.41) is 8.95. The fraction of sp³-hybridized carbons (Fsp3) is 0.400. The predicted octanol–water partition coefficient (Wildman–Crippen LogP) is 4.37. The van der Waals surface area contributed by atoms with Crippen molar-refractivity contribution in [3.63, 3.8) is 0 Å². The van der Waals surface area contributed by atoms with Crippen molar-refractivity contribution in [1.29, 1.82) is 5.26 Å². The molecule has 0 aliphatic heterocycles. The summed E-state index contributed by atoms with van der Waals surface area (Å²) in [5.74, 6) is 1.17. The van der Waals surface area contributed by atoms with Gasteiger partial charge in [0.1, 0.15) is 0 Å². The van der Waals surface area contributed by atoms with Crippen molar-refractivity contribution >= 4 is 23.4 Å². The molecule has 3 saturated carbocycles. The van der Waals surface area contributed by atoms with Gasteiger partial charge in [0, 0.05) is 11.6 Å². The number of nitrogens with zero attached hydrogens (tertiary/aromatic N) is 3. The summed E-state index contributed by atoms with van der Waals surface area (Å²) in [5.41, 5.74) is 4.57. The molecule has 1 aromatic heterocycles. The van der Waals surface area contributed by atoms with Crippen molar-refractivity contribution in [2.75, 3.05) is 5.48 Å². The molecule has 1 heterocycles. The maximum atomic E-state index is 12.5. The first-order chi connectivity index (χ1) is 13.1. The van der Waals surface area contributed by atoms with Crippen LogP contribution in [0.25, 0.3) is 11.3 Å². The minimum absolute atomic E-state index is 0.0275. The van der Waals surface area contributed by atoms with Gasteiger partial charge in [-0.15, -0.1) is 0 Å². The van der Waals surface area contributed by atoms with Gasteiger partial charge in [0.2, 0.25) is 5.28 Å². The molecule has 1 atom stereocenters. The molecule has 1 N–H and O–H groups in total. The summed E-state index contributed by atoms with van der Waals surface area (Å²) in [6, 6.07) is 10.7. The molecule has 0 radical (unpaired) electrons. The van der Waals surface area contributed by atoms with E-state index in [-0.39, 0.29) is 17.2 Å². The Morgan fingerprint density at radius 3 is 2.56 bits per heavy atom. The Kier molecular flexibility index (Phi) is 4.95. The number of nitrogens with one attached hydrogen (secondary N) is 1. The lowest BCUT2D eigenvalue weighted by Crippen LogP contribution is -2.37. The highest BCUT2D eigenvalue weighted by atomic mass is 35.5. The summed E-state index contributed by atoms with van der Waals surface area (Å²) in [7, 11) is 0. The maximum Gasteiger partial charge on any atom is 0.335 e. The minimum atomic E-state index is -0.223. The van der Waals surface area contributed by atoms with Crippen LogP contribution < -0.4 is 5.48 Å². The Morgan fingerprint density at radius 2 is 1.93 bits per heavy atom.